The number of nitrogens with two attached hydrogens (primary N) is 1. The molecule has 11 heavy (non-hydrogen) atoms. The molecular weight excluding hydrogens is 144 g/mol. The van der Waals surface area contributed by atoms with Gasteiger partial charge in [0.25, 0.3) is 0 Å². The smallest absolute Gasteiger partial charge is 0.0885 e. The summed E-state index contributed by atoms with van der Waals surface area (Å²) in [5.74, 6) is 0. The number of rotatable bonds is 5. The van der Waals surface area contributed by atoms with Crippen molar-refractivity contribution in [1.29, 1.82) is 0 Å². The third-order valence-electron chi connectivity index (χ3n) is 1.06. The highest BCUT2D eigenvalue weighted by Crippen LogP contribution is 1.82. The van der Waals surface area contributed by atoms with Crippen LogP contribution in [0.2, 0.25) is 0 Å². The van der Waals surface area contributed by atoms with Gasteiger partial charge in [0.15, 0.2) is 0 Å². The highest BCUT2D eigenvalue weighted by molar-refractivity contribution is 5.95. The molecule has 0 amide bonds. The lowest BCUT2D eigenvalue weighted by atomic mass is 10.4. The number of aliphatic hydroxyl groups is 1. The van der Waals surface area contributed by atoms with Crippen LogP contribution in [0.15, 0.2) is 17.3 Å². The molecule has 0 heterocycles. The second-order valence-corrected chi connectivity index (χ2v) is 1.85. The second kappa shape index (κ2) is 7.24. The lowest BCUT2D eigenvalue weighted by molar-refractivity contribution is 0.118. The van der Waals surface area contributed by atoms with E-state index >= 15 is 0 Å². The summed E-state index contributed by atoms with van der Waals surface area (Å²) in [7, 11) is 1.66. The van der Waals surface area contributed by atoms with Crippen LogP contribution < -0.4 is 5.73 Å². The Labute approximate surface area is 66.4 Å². The summed E-state index contributed by atoms with van der Waals surface area (Å²) in [5, 5.41) is 8.37. The molecule has 4 nitrogen and oxygen atoms in total. The van der Waals surface area contributed by atoms with E-state index in [4.69, 9.17) is 15.6 Å². The number of hydrogen-bond acceptors (Lipinski definition) is 4. The van der Waals surface area contributed by atoms with Gasteiger partial charge in [-0.2, -0.15) is 0 Å². The van der Waals surface area contributed by atoms with Crippen LogP contribution in [-0.2, 0) is 4.74 Å². The quantitative estimate of drug-likeness (QED) is 0.420. The molecule has 0 spiro atoms. The maximum absolute atomic E-state index is 8.37. The molecule has 0 aliphatic heterocycles. The first-order valence-corrected chi connectivity index (χ1v) is 3.37. The summed E-state index contributed by atoms with van der Waals surface area (Å²) in [6.07, 6.45) is 3.07. The van der Waals surface area contributed by atoms with Crippen LogP contribution in [0.4, 0.5) is 0 Å². The third kappa shape index (κ3) is 5.57. The van der Waals surface area contributed by atoms with Crippen LogP contribution in [0.5, 0.6) is 0 Å². The number of ether oxygens (including phenoxy) is 1. The molecule has 0 fully saturated rings. The molecule has 0 saturated carbocycles. The van der Waals surface area contributed by atoms with Crippen molar-refractivity contribution in [2.24, 2.45) is 10.7 Å². The highest BCUT2D eigenvalue weighted by Gasteiger charge is 1.91. The van der Waals surface area contributed by atoms with Gasteiger partial charge in [0.2, 0.25) is 0 Å². The molecule has 0 saturated heterocycles. The molecule has 0 aliphatic rings. The summed E-state index contributed by atoms with van der Waals surface area (Å²) < 4.78 is 5.00. The largest absolute Gasteiger partial charge is 0.405 e. The summed E-state index contributed by atoms with van der Waals surface area (Å²) in [5.41, 5.74) is 5.91. The van der Waals surface area contributed by atoms with Gasteiger partial charge < -0.3 is 15.6 Å². The second-order valence-electron chi connectivity index (χ2n) is 1.85. The Bertz CT molecular complexity index is 143. The van der Waals surface area contributed by atoms with Crippen LogP contribution in [0.25, 0.3) is 0 Å². The molecule has 3 N–H and O–H groups in total. The first kappa shape index (κ1) is 10.1. The number of aliphatic hydroxyl groups excluding tert-OH is 1. The summed E-state index contributed by atoms with van der Waals surface area (Å²) in [6.45, 7) is 0.755. The van der Waals surface area contributed by atoms with Crippen molar-refractivity contribution < 1.29 is 9.84 Å². The minimum absolute atomic E-state index is 0.0311. The Kier molecular flexibility index (Phi) is 6.67. The molecule has 0 aromatic heterocycles. The van der Waals surface area contributed by atoms with Crippen molar-refractivity contribution in [2.75, 3.05) is 26.9 Å². The lowest BCUT2D eigenvalue weighted by Gasteiger charge is -2.00. The summed E-state index contributed by atoms with van der Waals surface area (Å²) in [4.78, 5) is 3.89. The van der Waals surface area contributed by atoms with E-state index in [1.807, 2.05) is 0 Å². The third-order valence-corrected chi connectivity index (χ3v) is 1.06. The van der Waals surface area contributed by atoms with E-state index in [9.17, 15) is 0 Å². The Hall–Kier alpha value is -0.870. The normalized spacial score (nSPS) is 12.7. The van der Waals surface area contributed by atoms with E-state index in [1.54, 1.807) is 13.1 Å². The average Bonchev–Trinajstić information content (AvgIpc) is 2.03. The minimum atomic E-state index is 0.0311. The number of nitrogens with zero attached hydrogens (tertiary/aromatic N) is 1. The van der Waals surface area contributed by atoms with Crippen LogP contribution in [0.3, 0.4) is 0 Å². The molecule has 0 aliphatic carbocycles. The minimum Gasteiger partial charge on any atom is -0.405 e. The van der Waals surface area contributed by atoms with E-state index in [-0.39, 0.29) is 6.61 Å². The van der Waals surface area contributed by atoms with E-state index in [1.165, 1.54) is 6.20 Å². The van der Waals surface area contributed by atoms with Crippen LogP contribution in [0, 0.1) is 0 Å². The molecule has 64 valence electrons. The molecule has 0 aromatic rings. The van der Waals surface area contributed by atoms with E-state index in [2.05, 4.69) is 4.99 Å². The fourth-order valence-electron chi connectivity index (χ4n) is 0.540. The van der Waals surface area contributed by atoms with Crippen LogP contribution in [-0.4, -0.2) is 37.7 Å². The first-order chi connectivity index (χ1) is 5.35. The Morgan fingerprint density at radius 1 is 1.73 bits per heavy atom. The zero-order valence-corrected chi connectivity index (χ0v) is 6.66. The monoisotopic (exact) mass is 158 g/mol. The number of hydrogen-bond donors (Lipinski definition) is 2. The molecule has 0 rings (SSSR count). The maximum atomic E-state index is 8.37. The molecular formula is C7H14N2O2. The van der Waals surface area contributed by atoms with Gasteiger partial charge in [-0.25, -0.2) is 0 Å². The number of aliphatic imine (C=N–C) groups is 1. The average molecular weight is 158 g/mol. The predicted molar refractivity (Wildman–Crippen MR) is 44.6 cm³/mol. The van der Waals surface area contributed by atoms with Crippen molar-refractivity contribution >= 4 is 5.71 Å². The van der Waals surface area contributed by atoms with Crippen LogP contribution >= 0.6 is 0 Å². The molecule has 0 unspecified atom stereocenters. The van der Waals surface area contributed by atoms with Crippen molar-refractivity contribution in [1.82, 2.24) is 0 Å². The lowest BCUT2D eigenvalue weighted by Crippen LogP contribution is -2.09. The first-order valence-electron chi connectivity index (χ1n) is 3.37. The maximum Gasteiger partial charge on any atom is 0.0885 e. The van der Waals surface area contributed by atoms with Crippen molar-refractivity contribution in [3.63, 3.8) is 0 Å². The summed E-state index contributed by atoms with van der Waals surface area (Å²) in [6, 6.07) is 0. The zero-order valence-electron chi connectivity index (χ0n) is 6.66. The Morgan fingerprint density at radius 2 is 2.45 bits per heavy atom. The Balaban J connectivity index is 3.54. The molecule has 4 heteroatoms. The van der Waals surface area contributed by atoms with E-state index in [0.717, 1.165) is 5.71 Å². The Morgan fingerprint density at radius 3 is 2.91 bits per heavy atom. The molecule has 0 radical (unpaired) electrons. The standard InChI is InChI=1S/C7H14N2O2/c1-9-7(2-3-8)6-11-5-4-10/h2-3,10H,4-6,8H2,1H3/b3-2-,9-7?. The molecule has 0 aromatic carbocycles. The van der Waals surface area contributed by atoms with E-state index < -0.39 is 0 Å². The highest BCUT2D eigenvalue weighted by atomic mass is 16.5. The fraction of sp³-hybridized carbons (Fsp3) is 0.571. The van der Waals surface area contributed by atoms with Gasteiger partial charge in [-0.15, -0.1) is 0 Å². The van der Waals surface area contributed by atoms with Gasteiger partial charge in [0.05, 0.1) is 25.5 Å². The van der Waals surface area contributed by atoms with Crippen LogP contribution in [0.1, 0.15) is 0 Å². The molecule has 0 atom stereocenters. The summed E-state index contributed by atoms with van der Waals surface area (Å²) >= 11 is 0. The molecule has 0 bridgehead atoms. The van der Waals surface area contributed by atoms with Gasteiger partial charge in [0, 0.05) is 7.05 Å². The van der Waals surface area contributed by atoms with Gasteiger partial charge in [-0.1, -0.05) is 0 Å². The zero-order chi connectivity index (χ0) is 8.53. The van der Waals surface area contributed by atoms with Gasteiger partial charge in [0.1, 0.15) is 0 Å². The van der Waals surface area contributed by atoms with Gasteiger partial charge in [-0.05, 0) is 12.3 Å². The van der Waals surface area contributed by atoms with Gasteiger partial charge in [-0.3, -0.25) is 4.99 Å². The SMILES string of the molecule is CN=C(/C=C\N)COCCO. The topological polar surface area (TPSA) is 67.8 Å². The van der Waals surface area contributed by atoms with Crippen molar-refractivity contribution in [3.05, 3.63) is 12.3 Å². The van der Waals surface area contributed by atoms with Crippen molar-refractivity contribution in [3.8, 4) is 0 Å². The van der Waals surface area contributed by atoms with E-state index in [0.29, 0.717) is 13.2 Å². The van der Waals surface area contributed by atoms with Gasteiger partial charge >= 0.3 is 0 Å². The predicted octanol–water partition coefficient (Wildman–Crippen LogP) is -0.462. The fourth-order valence-corrected chi connectivity index (χ4v) is 0.540. The van der Waals surface area contributed by atoms with Crippen molar-refractivity contribution in [2.45, 2.75) is 0 Å².